The highest BCUT2D eigenvalue weighted by molar-refractivity contribution is 14.1. The molecule has 0 saturated carbocycles. The fourth-order valence-electron chi connectivity index (χ4n) is 2.72. The first-order valence-corrected chi connectivity index (χ1v) is 10.8. The van der Waals surface area contributed by atoms with Gasteiger partial charge in [-0.3, -0.25) is 14.9 Å². The van der Waals surface area contributed by atoms with Crippen molar-refractivity contribution in [2.45, 2.75) is 6.92 Å². The van der Waals surface area contributed by atoms with E-state index in [1.165, 1.54) is 25.3 Å². The van der Waals surface area contributed by atoms with Crippen LogP contribution < -0.4 is 14.8 Å². The van der Waals surface area contributed by atoms with Crippen LogP contribution in [0.3, 0.4) is 0 Å². The number of aryl methyl sites for hydroxylation is 1. The lowest BCUT2D eigenvalue weighted by Crippen LogP contribution is -2.19. The molecule has 2 N–H and O–H groups in total. The highest BCUT2D eigenvalue weighted by Gasteiger charge is 2.24. The number of carbonyl (C=O) groups excluding carboxylic acids is 1. The third-order valence-electron chi connectivity index (χ3n) is 4.15. The normalized spacial score (nSPS) is 15.7. The number of thioether (sulfide) groups is 1. The van der Waals surface area contributed by atoms with Gasteiger partial charge in [-0.15, -0.1) is 0 Å². The Bertz CT molecular complexity index is 1180. The number of aliphatic carboxylic acids is 1. The van der Waals surface area contributed by atoms with Gasteiger partial charge in [0.2, 0.25) is 0 Å². The van der Waals surface area contributed by atoms with Gasteiger partial charge in [0.25, 0.3) is 11.6 Å². The summed E-state index contributed by atoms with van der Waals surface area (Å²) in [6.45, 7) is 1.19. The van der Waals surface area contributed by atoms with Gasteiger partial charge in [0.15, 0.2) is 23.3 Å². The van der Waals surface area contributed by atoms with Crippen molar-refractivity contribution in [3.05, 3.63) is 60.0 Å². The second-order valence-electron chi connectivity index (χ2n) is 6.43. The van der Waals surface area contributed by atoms with Crippen molar-refractivity contribution >= 4 is 68.8 Å². The van der Waals surface area contributed by atoms with Gasteiger partial charge in [-0.25, -0.2) is 9.79 Å². The number of nitro benzene ring substituents is 1. The number of nitro groups is 1. The fourth-order valence-corrected chi connectivity index (χ4v) is 4.33. The minimum atomic E-state index is -1.11. The van der Waals surface area contributed by atoms with Crippen LogP contribution in [0.25, 0.3) is 6.08 Å². The minimum Gasteiger partial charge on any atom is -0.493 e. The van der Waals surface area contributed by atoms with Crippen molar-refractivity contribution in [1.29, 1.82) is 0 Å². The topological polar surface area (TPSA) is 140 Å². The largest absolute Gasteiger partial charge is 0.493 e. The van der Waals surface area contributed by atoms with Crippen molar-refractivity contribution in [2.75, 3.05) is 13.7 Å². The van der Waals surface area contributed by atoms with Crippen LogP contribution >= 0.6 is 34.4 Å². The summed E-state index contributed by atoms with van der Waals surface area (Å²) in [5.41, 5.74) is 1.74. The van der Waals surface area contributed by atoms with E-state index < -0.39 is 17.5 Å². The summed E-state index contributed by atoms with van der Waals surface area (Å²) in [6, 6.07) is 7.66. The lowest BCUT2D eigenvalue weighted by molar-refractivity contribution is -0.384. The number of hydrogen-bond donors (Lipinski definition) is 2. The van der Waals surface area contributed by atoms with E-state index in [9.17, 15) is 19.7 Å². The Hall–Kier alpha value is -3.13. The Balaban J connectivity index is 1.85. The molecular formula is C20H16IN3O7S. The Morgan fingerprint density at radius 1 is 1.38 bits per heavy atom. The lowest BCUT2D eigenvalue weighted by atomic mass is 10.2. The van der Waals surface area contributed by atoms with Crippen LogP contribution in [-0.2, 0) is 9.59 Å². The smallest absolute Gasteiger partial charge is 0.341 e. The number of carboxylic acid groups (broad SMARTS) is 1. The van der Waals surface area contributed by atoms with E-state index in [0.29, 0.717) is 42.0 Å². The quantitative estimate of drug-likeness (QED) is 0.222. The number of nitrogens with one attached hydrogen (secondary N) is 1. The van der Waals surface area contributed by atoms with E-state index >= 15 is 0 Å². The summed E-state index contributed by atoms with van der Waals surface area (Å²) in [5.74, 6) is -0.808. The average Bonchev–Trinajstić information content (AvgIpc) is 3.06. The first kappa shape index (κ1) is 23.5. The van der Waals surface area contributed by atoms with E-state index in [0.717, 1.165) is 11.8 Å². The Morgan fingerprint density at radius 2 is 2.12 bits per heavy atom. The molecule has 0 aliphatic carbocycles. The maximum Gasteiger partial charge on any atom is 0.341 e. The molecule has 0 unspecified atom stereocenters. The molecule has 1 heterocycles. The summed E-state index contributed by atoms with van der Waals surface area (Å²) >= 11 is 3.13. The molecule has 1 aliphatic heterocycles. The number of carboxylic acids is 1. The maximum atomic E-state index is 12.4. The second-order valence-corrected chi connectivity index (χ2v) is 8.62. The van der Waals surface area contributed by atoms with Crippen LogP contribution in [0.2, 0.25) is 0 Å². The minimum absolute atomic E-state index is 0.0329. The van der Waals surface area contributed by atoms with Crippen LogP contribution in [0.4, 0.5) is 11.4 Å². The molecule has 0 spiro atoms. The Labute approximate surface area is 200 Å². The molecule has 1 saturated heterocycles. The molecule has 2 aromatic rings. The molecular weight excluding hydrogens is 553 g/mol. The van der Waals surface area contributed by atoms with Crippen molar-refractivity contribution in [3.63, 3.8) is 0 Å². The van der Waals surface area contributed by atoms with Crippen LogP contribution in [0.1, 0.15) is 11.1 Å². The highest BCUT2D eigenvalue weighted by atomic mass is 127. The zero-order chi connectivity index (χ0) is 23.4. The molecule has 12 heteroatoms. The van der Waals surface area contributed by atoms with Gasteiger partial charge in [0.1, 0.15) is 0 Å². The van der Waals surface area contributed by atoms with E-state index in [1.54, 1.807) is 25.1 Å². The SMILES string of the molecule is COc1cc(/C=C2/SC(=Nc3ccc([N+](=O)[O-])cc3C)NC2=O)cc(I)c1OCC(=O)O. The number of benzene rings is 2. The molecule has 0 aromatic heterocycles. The number of non-ortho nitro benzene ring substituents is 1. The van der Waals surface area contributed by atoms with Crippen molar-refractivity contribution in [2.24, 2.45) is 4.99 Å². The van der Waals surface area contributed by atoms with Crippen LogP contribution in [0.5, 0.6) is 11.5 Å². The number of amides is 1. The van der Waals surface area contributed by atoms with Crippen LogP contribution in [0.15, 0.2) is 40.2 Å². The summed E-state index contributed by atoms with van der Waals surface area (Å²) in [4.78, 5) is 38.4. The highest BCUT2D eigenvalue weighted by Crippen LogP contribution is 2.36. The third kappa shape index (κ3) is 5.56. The van der Waals surface area contributed by atoms with Crippen molar-refractivity contribution in [3.8, 4) is 11.5 Å². The first-order chi connectivity index (χ1) is 15.2. The van der Waals surface area contributed by atoms with Crippen LogP contribution in [-0.4, -0.2) is 40.8 Å². The molecule has 32 heavy (non-hydrogen) atoms. The van der Waals surface area contributed by atoms with Gasteiger partial charge < -0.3 is 19.9 Å². The number of aliphatic imine (C=N–C) groups is 1. The molecule has 1 fully saturated rings. The van der Waals surface area contributed by atoms with Gasteiger partial charge in [-0.05, 0) is 76.7 Å². The summed E-state index contributed by atoms with van der Waals surface area (Å²) in [7, 11) is 1.43. The first-order valence-electron chi connectivity index (χ1n) is 8.94. The van der Waals surface area contributed by atoms with E-state index in [-0.39, 0.29) is 11.6 Å². The number of halogens is 1. The maximum absolute atomic E-state index is 12.4. The molecule has 1 aliphatic rings. The number of amidine groups is 1. The standard InChI is InChI=1S/C20H16IN3O7S/c1-10-5-12(24(28)29)3-4-14(10)22-20-23-19(27)16(32-20)8-11-6-13(21)18(15(7-11)30-2)31-9-17(25)26/h3-8H,9H2,1-2H3,(H,25,26)(H,22,23,27)/b16-8+. The average molecular weight is 569 g/mol. The monoisotopic (exact) mass is 569 g/mol. The van der Waals surface area contributed by atoms with Gasteiger partial charge in [0.05, 0.1) is 26.2 Å². The second kappa shape index (κ2) is 9.99. The van der Waals surface area contributed by atoms with E-state index in [2.05, 4.69) is 10.3 Å². The molecule has 0 radical (unpaired) electrons. The summed E-state index contributed by atoms with van der Waals surface area (Å²) < 4.78 is 11.2. The lowest BCUT2D eigenvalue weighted by Gasteiger charge is -2.12. The van der Waals surface area contributed by atoms with Crippen LogP contribution in [0, 0.1) is 20.6 Å². The molecule has 3 rings (SSSR count). The van der Waals surface area contributed by atoms with Gasteiger partial charge in [0, 0.05) is 12.1 Å². The molecule has 166 valence electrons. The number of methoxy groups -OCH3 is 1. The molecule has 10 nitrogen and oxygen atoms in total. The third-order valence-corrected chi connectivity index (χ3v) is 5.86. The van der Waals surface area contributed by atoms with E-state index in [1.807, 2.05) is 22.6 Å². The zero-order valence-electron chi connectivity index (χ0n) is 16.7. The zero-order valence-corrected chi connectivity index (χ0v) is 19.7. The Kier molecular flexibility index (Phi) is 7.35. The van der Waals surface area contributed by atoms with E-state index in [4.69, 9.17) is 14.6 Å². The van der Waals surface area contributed by atoms with Crippen molar-refractivity contribution in [1.82, 2.24) is 5.32 Å². The molecule has 1 amide bonds. The van der Waals surface area contributed by atoms with Gasteiger partial charge in [-0.1, -0.05) is 0 Å². The summed E-state index contributed by atoms with van der Waals surface area (Å²) in [5, 5.41) is 22.7. The molecule has 0 atom stereocenters. The summed E-state index contributed by atoms with van der Waals surface area (Å²) in [6.07, 6.45) is 1.65. The number of carbonyl (C=O) groups is 2. The predicted octanol–water partition coefficient (Wildman–Crippen LogP) is 3.87. The molecule has 2 aromatic carbocycles. The Morgan fingerprint density at radius 3 is 2.75 bits per heavy atom. The van der Waals surface area contributed by atoms with Crippen molar-refractivity contribution < 1.29 is 29.1 Å². The predicted molar refractivity (Wildman–Crippen MR) is 127 cm³/mol. The van der Waals surface area contributed by atoms with Gasteiger partial charge >= 0.3 is 5.97 Å². The van der Waals surface area contributed by atoms with Gasteiger partial charge in [-0.2, -0.15) is 0 Å². The fraction of sp³-hybridized carbons (Fsp3) is 0.150. The molecule has 0 bridgehead atoms. The number of ether oxygens (including phenoxy) is 2. The number of rotatable bonds is 7. The number of nitrogens with zero attached hydrogens (tertiary/aromatic N) is 2. The number of hydrogen-bond acceptors (Lipinski definition) is 8.